The van der Waals surface area contributed by atoms with Gasteiger partial charge < -0.3 is 4.74 Å². The molecule has 0 unspecified atom stereocenters. The molecular formula is C12H9F3N2O. The van der Waals surface area contributed by atoms with E-state index in [9.17, 15) is 13.2 Å². The third-order valence-electron chi connectivity index (χ3n) is 2.12. The van der Waals surface area contributed by atoms with Crippen molar-refractivity contribution in [2.45, 2.75) is 6.18 Å². The molecule has 0 aliphatic carbocycles. The van der Waals surface area contributed by atoms with Crippen LogP contribution in [0.3, 0.4) is 0 Å². The molecule has 0 radical (unpaired) electrons. The van der Waals surface area contributed by atoms with E-state index in [1.165, 1.54) is 12.1 Å². The average Bonchev–Trinajstić information content (AvgIpc) is 2.37. The van der Waals surface area contributed by atoms with Crippen LogP contribution in [0.25, 0.3) is 11.3 Å². The molecule has 0 bridgehead atoms. The fourth-order valence-electron chi connectivity index (χ4n) is 1.34. The van der Waals surface area contributed by atoms with Gasteiger partial charge in [-0.25, -0.2) is 0 Å². The maximum absolute atomic E-state index is 11.9. The Hall–Kier alpha value is -2.11. The fraction of sp³-hybridized carbons (Fsp3) is 0.167. The van der Waals surface area contributed by atoms with Crippen LogP contribution in [0.2, 0.25) is 0 Å². The largest absolute Gasteiger partial charge is 0.484 e. The molecule has 0 spiro atoms. The number of hydrogen-bond donors (Lipinski definition) is 0. The Bertz CT molecular complexity index is 497. The van der Waals surface area contributed by atoms with E-state index < -0.39 is 12.8 Å². The van der Waals surface area contributed by atoms with E-state index in [2.05, 4.69) is 14.7 Å². The Kier molecular flexibility index (Phi) is 3.45. The molecule has 18 heavy (non-hydrogen) atoms. The third-order valence-corrected chi connectivity index (χ3v) is 2.12. The molecule has 2 rings (SSSR count). The van der Waals surface area contributed by atoms with Gasteiger partial charge in [0.25, 0.3) is 0 Å². The molecule has 2 aromatic rings. The zero-order valence-electron chi connectivity index (χ0n) is 9.19. The van der Waals surface area contributed by atoms with Crippen LogP contribution in [-0.2, 0) is 0 Å². The molecule has 0 saturated carbocycles. The minimum atomic E-state index is -4.33. The van der Waals surface area contributed by atoms with Crippen molar-refractivity contribution < 1.29 is 17.9 Å². The summed E-state index contributed by atoms with van der Waals surface area (Å²) in [4.78, 5) is 7.99. The Morgan fingerprint density at radius 2 is 1.78 bits per heavy atom. The van der Waals surface area contributed by atoms with Crippen molar-refractivity contribution in [3.05, 3.63) is 42.9 Å². The van der Waals surface area contributed by atoms with Gasteiger partial charge >= 0.3 is 6.18 Å². The Balaban J connectivity index is 2.07. The van der Waals surface area contributed by atoms with Crippen LogP contribution in [0.1, 0.15) is 0 Å². The van der Waals surface area contributed by atoms with Crippen LogP contribution in [0.4, 0.5) is 13.2 Å². The average molecular weight is 254 g/mol. The van der Waals surface area contributed by atoms with E-state index in [1.54, 1.807) is 30.7 Å². The number of rotatable bonds is 3. The topological polar surface area (TPSA) is 35.0 Å². The van der Waals surface area contributed by atoms with Gasteiger partial charge in [-0.2, -0.15) is 13.2 Å². The smallest absolute Gasteiger partial charge is 0.422 e. The summed E-state index contributed by atoms with van der Waals surface area (Å²) in [5.74, 6) is 0.167. The highest BCUT2D eigenvalue weighted by molar-refractivity contribution is 5.58. The summed E-state index contributed by atoms with van der Waals surface area (Å²) in [5, 5.41) is 0. The second kappa shape index (κ2) is 5.03. The van der Waals surface area contributed by atoms with Crippen LogP contribution >= 0.6 is 0 Å². The van der Waals surface area contributed by atoms with Gasteiger partial charge in [0.15, 0.2) is 6.61 Å². The zero-order chi connectivity index (χ0) is 13.0. The van der Waals surface area contributed by atoms with Crippen molar-refractivity contribution in [1.82, 2.24) is 9.97 Å². The van der Waals surface area contributed by atoms with Gasteiger partial charge in [-0.05, 0) is 24.3 Å². The predicted molar refractivity (Wildman–Crippen MR) is 59.0 cm³/mol. The number of alkyl halides is 3. The fourth-order valence-corrected chi connectivity index (χ4v) is 1.34. The summed E-state index contributed by atoms with van der Waals surface area (Å²) in [6.45, 7) is -1.29. The molecule has 3 nitrogen and oxygen atoms in total. The van der Waals surface area contributed by atoms with Crippen molar-refractivity contribution in [2.24, 2.45) is 0 Å². The first-order valence-electron chi connectivity index (χ1n) is 5.10. The van der Waals surface area contributed by atoms with Crippen molar-refractivity contribution in [1.29, 1.82) is 0 Å². The van der Waals surface area contributed by atoms with E-state index in [0.29, 0.717) is 5.69 Å². The molecular weight excluding hydrogens is 245 g/mol. The molecule has 0 aliphatic rings. The van der Waals surface area contributed by atoms with Crippen LogP contribution in [0, 0.1) is 0 Å². The quantitative estimate of drug-likeness (QED) is 0.844. The van der Waals surface area contributed by atoms with Gasteiger partial charge in [0.05, 0.1) is 11.9 Å². The molecule has 1 heterocycles. The van der Waals surface area contributed by atoms with Gasteiger partial charge in [-0.3, -0.25) is 9.97 Å². The first-order valence-corrected chi connectivity index (χ1v) is 5.10. The van der Waals surface area contributed by atoms with Gasteiger partial charge in [0.1, 0.15) is 5.75 Å². The highest BCUT2D eigenvalue weighted by Gasteiger charge is 2.28. The minimum Gasteiger partial charge on any atom is -0.484 e. The number of hydrogen-bond acceptors (Lipinski definition) is 3. The number of halogens is 3. The lowest BCUT2D eigenvalue weighted by atomic mass is 10.1. The van der Waals surface area contributed by atoms with Gasteiger partial charge in [0, 0.05) is 18.0 Å². The zero-order valence-corrected chi connectivity index (χ0v) is 9.19. The lowest BCUT2D eigenvalue weighted by Crippen LogP contribution is -2.19. The first-order chi connectivity index (χ1) is 8.54. The third kappa shape index (κ3) is 3.44. The maximum Gasteiger partial charge on any atom is 0.422 e. The molecule has 0 fully saturated rings. The van der Waals surface area contributed by atoms with Crippen LogP contribution in [0.5, 0.6) is 5.75 Å². The first kappa shape index (κ1) is 12.3. The summed E-state index contributed by atoms with van der Waals surface area (Å²) >= 11 is 0. The highest BCUT2D eigenvalue weighted by Crippen LogP contribution is 2.22. The number of benzene rings is 1. The Morgan fingerprint density at radius 3 is 2.33 bits per heavy atom. The summed E-state index contributed by atoms with van der Waals surface area (Å²) in [6.07, 6.45) is 0.336. The molecule has 0 atom stereocenters. The lowest BCUT2D eigenvalue weighted by Gasteiger charge is -2.09. The molecule has 1 aromatic heterocycles. The van der Waals surface area contributed by atoms with Crippen molar-refractivity contribution in [2.75, 3.05) is 6.61 Å². The molecule has 0 aliphatic heterocycles. The second-order valence-corrected chi connectivity index (χ2v) is 3.52. The minimum absolute atomic E-state index is 0.167. The summed E-state index contributed by atoms with van der Waals surface area (Å²) < 4.78 is 40.4. The standard InChI is InChI=1S/C12H9F3N2O/c13-12(14,15)8-18-10-3-1-9(2-4-10)11-7-16-5-6-17-11/h1-7H,8H2. The summed E-state index contributed by atoms with van der Waals surface area (Å²) in [5.41, 5.74) is 1.42. The van der Waals surface area contributed by atoms with E-state index in [4.69, 9.17) is 0 Å². The summed E-state index contributed by atoms with van der Waals surface area (Å²) in [7, 11) is 0. The van der Waals surface area contributed by atoms with Crippen LogP contribution < -0.4 is 4.74 Å². The van der Waals surface area contributed by atoms with Gasteiger partial charge in [0.2, 0.25) is 0 Å². The molecule has 6 heteroatoms. The van der Waals surface area contributed by atoms with Gasteiger partial charge in [-0.15, -0.1) is 0 Å². The number of aromatic nitrogens is 2. The van der Waals surface area contributed by atoms with Crippen molar-refractivity contribution in [3.8, 4) is 17.0 Å². The second-order valence-electron chi connectivity index (χ2n) is 3.52. The molecule has 1 aromatic carbocycles. The molecule has 94 valence electrons. The van der Waals surface area contributed by atoms with E-state index in [-0.39, 0.29) is 5.75 Å². The van der Waals surface area contributed by atoms with Crippen LogP contribution in [0.15, 0.2) is 42.9 Å². The Morgan fingerprint density at radius 1 is 1.06 bits per heavy atom. The van der Waals surface area contributed by atoms with E-state index in [1.807, 2.05) is 0 Å². The normalized spacial score (nSPS) is 11.3. The number of nitrogens with zero attached hydrogens (tertiary/aromatic N) is 2. The van der Waals surface area contributed by atoms with Crippen LogP contribution in [-0.4, -0.2) is 22.8 Å². The highest BCUT2D eigenvalue weighted by atomic mass is 19.4. The number of ether oxygens (including phenoxy) is 1. The van der Waals surface area contributed by atoms with Gasteiger partial charge in [-0.1, -0.05) is 0 Å². The molecule has 0 N–H and O–H groups in total. The van der Waals surface area contributed by atoms with Crippen molar-refractivity contribution >= 4 is 0 Å². The lowest BCUT2D eigenvalue weighted by molar-refractivity contribution is -0.153. The SMILES string of the molecule is FC(F)(F)COc1ccc(-c2cnccn2)cc1. The monoisotopic (exact) mass is 254 g/mol. The molecule has 0 saturated heterocycles. The van der Waals surface area contributed by atoms with E-state index >= 15 is 0 Å². The Labute approximate surface area is 101 Å². The molecule has 0 amide bonds. The predicted octanol–water partition coefficient (Wildman–Crippen LogP) is 3.08. The van der Waals surface area contributed by atoms with Crippen molar-refractivity contribution in [3.63, 3.8) is 0 Å². The maximum atomic E-state index is 11.9. The van der Waals surface area contributed by atoms with E-state index in [0.717, 1.165) is 5.56 Å². The summed E-state index contributed by atoms with van der Waals surface area (Å²) in [6, 6.07) is 6.21.